The smallest absolute Gasteiger partial charge is 0.305 e. The van der Waals surface area contributed by atoms with Gasteiger partial charge in [0, 0.05) is 6.54 Å². The van der Waals surface area contributed by atoms with E-state index < -0.39 is 24.3 Å². The molecule has 0 aromatic rings. The molecule has 98 valence electrons. The minimum Gasteiger partial charge on any atom is -0.481 e. The molecule has 0 aliphatic carbocycles. The molecule has 0 aromatic carbocycles. The number of carboxylic acids is 1. The SMILES string of the molecule is CC(C)CNC(=O)CNC(=O)C(N)CC(=O)O. The first-order valence-electron chi connectivity index (χ1n) is 5.34. The molecular weight excluding hydrogens is 226 g/mol. The minimum absolute atomic E-state index is 0.196. The fraction of sp³-hybridized carbons (Fsp3) is 0.700. The van der Waals surface area contributed by atoms with Crippen LogP contribution in [0.2, 0.25) is 0 Å². The van der Waals surface area contributed by atoms with E-state index in [-0.39, 0.29) is 12.5 Å². The highest BCUT2D eigenvalue weighted by Gasteiger charge is 2.17. The van der Waals surface area contributed by atoms with Crippen LogP contribution in [0.1, 0.15) is 20.3 Å². The van der Waals surface area contributed by atoms with Crippen LogP contribution in [-0.4, -0.2) is 42.0 Å². The number of hydrogen-bond acceptors (Lipinski definition) is 4. The van der Waals surface area contributed by atoms with Crippen molar-refractivity contribution in [3.8, 4) is 0 Å². The summed E-state index contributed by atoms with van der Waals surface area (Å²) < 4.78 is 0. The quantitative estimate of drug-likeness (QED) is 0.443. The lowest BCUT2D eigenvalue weighted by Gasteiger charge is -2.11. The summed E-state index contributed by atoms with van der Waals surface area (Å²) in [6.07, 6.45) is -0.459. The second-order valence-electron chi connectivity index (χ2n) is 4.12. The van der Waals surface area contributed by atoms with Crippen LogP contribution in [0.25, 0.3) is 0 Å². The van der Waals surface area contributed by atoms with E-state index in [1.54, 1.807) is 0 Å². The van der Waals surface area contributed by atoms with Crippen molar-refractivity contribution in [3.63, 3.8) is 0 Å². The highest BCUT2D eigenvalue weighted by Crippen LogP contribution is 1.88. The van der Waals surface area contributed by atoms with E-state index in [0.717, 1.165) is 0 Å². The molecule has 1 atom stereocenters. The summed E-state index contributed by atoms with van der Waals surface area (Å²) >= 11 is 0. The van der Waals surface area contributed by atoms with Crippen molar-refractivity contribution < 1.29 is 19.5 Å². The molecule has 7 nitrogen and oxygen atoms in total. The number of carboxylic acid groups (broad SMARTS) is 1. The molecule has 0 heterocycles. The van der Waals surface area contributed by atoms with Gasteiger partial charge in [0.25, 0.3) is 0 Å². The van der Waals surface area contributed by atoms with E-state index in [1.807, 2.05) is 13.8 Å². The zero-order chi connectivity index (χ0) is 13.4. The van der Waals surface area contributed by atoms with Gasteiger partial charge in [-0.3, -0.25) is 14.4 Å². The largest absolute Gasteiger partial charge is 0.481 e. The summed E-state index contributed by atoms with van der Waals surface area (Å²) in [4.78, 5) is 32.7. The number of nitrogens with one attached hydrogen (secondary N) is 2. The van der Waals surface area contributed by atoms with E-state index in [9.17, 15) is 14.4 Å². The first kappa shape index (κ1) is 15.4. The average Bonchev–Trinajstić information content (AvgIpc) is 2.21. The minimum atomic E-state index is -1.16. The Hall–Kier alpha value is -1.63. The molecule has 0 radical (unpaired) electrons. The van der Waals surface area contributed by atoms with E-state index in [0.29, 0.717) is 12.5 Å². The molecule has 0 spiro atoms. The third-order valence-electron chi connectivity index (χ3n) is 1.86. The Morgan fingerprint density at radius 2 is 1.82 bits per heavy atom. The first-order chi connectivity index (χ1) is 7.82. The maximum atomic E-state index is 11.2. The molecule has 1 unspecified atom stereocenters. The van der Waals surface area contributed by atoms with Crippen LogP contribution < -0.4 is 16.4 Å². The van der Waals surface area contributed by atoms with Crippen molar-refractivity contribution in [2.24, 2.45) is 11.7 Å². The van der Waals surface area contributed by atoms with E-state index >= 15 is 0 Å². The predicted octanol–water partition coefficient (Wildman–Crippen LogP) is -1.32. The lowest BCUT2D eigenvalue weighted by atomic mass is 10.2. The van der Waals surface area contributed by atoms with Gasteiger partial charge in [0.15, 0.2) is 0 Å². The first-order valence-corrected chi connectivity index (χ1v) is 5.34. The molecule has 0 aliphatic heterocycles. The Bertz CT molecular complexity index is 291. The van der Waals surface area contributed by atoms with Gasteiger partial charge in [0.2, 0.25) is 11.8 Å². The maximum absolute atomic E-state index is 11.2. The Kier molecular flexibility index (Phi) is 6.88. The number of nitrogens with two attached hydrogens (primary N) is 1. The lowest BCUT2D eigenvalue weighted by Crippen LogP contribution is -2.46. The molecule has 17 heavy (non-hydrogen) atoms. The molecule has 2 amide bonds. The summed E-state index contributed by atoms with van der Waals surface area (Å²) in [5.41, 5.74) is 5.30. The van der Waals surface area contributed by atoms with Gasteiger partial charge in [-0.2, -0.15) is 0 Å². The highest BCUT2D eigenvalue weighted by molar-refractivity contribution is 5.89. The third-order valence-corrected chi connectivity index (χ3v) is 1.86. The van der Waals surface area contributed by atoms with Crippen LogP contribution in [0.15, 0.2) is 0 Å². The standard InChI is InChI=1S/C10H19N3O4/c1-6(2)4-12-8(14)5-13-10(17)7(11)3-9(15)16/h6-7H,3-5,11H2,1-2H3,(H,12,14)(H,13,17)(H,15,16). The number of amides is 2. The van der Waals surface area contributed by atoms with Gasteiger partial charge < -0.3 is 21.5 Å². The lowest BCUT2D eigenvalue weighted by molar-refractivity contribution is -0.139. The molecular formula is C10H19N3O4. The van der Waals surface area contributed by atoms with Crippen LogP contribution in [0.5, 0.6) is 0 Å². The van der Waals surface area contributed by atoms with Gasteiger partial charge in [-0.25, -0.2) is 0 Å². The van der Waals surface area contributed by atoms with Gasteiger partial charge in [-0.05, 0) is 5.92 Å². The summed E-state index contributed by atoms with van der Waals surface area (Å²) in [5.74, 6) is -1.80. The molecule has 7 heteroatoms. The number of hydrogen-bond donors (Lipinski definition) is 4. The third kappa shape index (κ3) is 8.21. The molecule has 0 aliphatic rings. The van der Waals surface area contributed by atoms with Crippen molar-refractivity contribution in [1.82, 2.24) is 10.6 Å². The average molecular weight is 245 g/mol. The Morgan fingerprint density at radius 1 is 1.24 bits per heavy atom. The van der Waals surface area contributed by atoms with Crippen LogP contribution in [0.4, 0.5) is 0 Å². The second-order valence-corrected chi connectivity index (χ2v) is 4.12. The normalized spacial score (nSPS) is 12.0. The topological polar surface area (TPSA) is 122 Å². The van der Waals surface area contributed by atoms with Crippen LogP contribution in [-0.2, 0) is 14.4 Å². The second kappa shape index (κ2) is 7.61. The van der Waals surface area contributed by atoms with Gasteiger partial charge in [-0.1, -0.05) is 13.8 Å². The Labute approximate surface area is 99.7 Å². The van der Waals surface area contributed by atoms with E-state index in [2.05, 4.69) is 10.6 Å². The van der Waals surface area contributed by atoms with Gasteiger partial charge >= 0.3 is 5.97 Å². The number of aliphatic carboxylic acids is 1. The zero-order valence-corrected chi connectivity index (χ0v) is 10.0. The van der Waals surface area contributed by atoms with Crippen LogP contribution in [0.3, 0.4) is 0 Å². The summed E-state index contributed by atoms with van der Waals surface area (Å²) in [5, 5.41) is 13.3. The van der Waals surface area contributed by atoms with Crippen molar-refractivity contribution in [1.29, 1.82) is 0 Å². The Morgan fingerprint density at radius 3 is 2.29 bits per heavy atom. The van der Waals surface area contributed by atoms with Crippen LogP contribution in [0, 0.1) is 5.92 Å². The fourth-order valence-electron chi connectivity index (χ4n) is 0.960. The summed E-state index contributed by atoms with van der Waals surface area (Å²) in [7, 11) is 0. The summed E-state index contributed by atoms with van der Waals surface area (Å²) in [6.45, 7) is 4.22. The highest BCUT2D eigenvalue weighted by atomic mass is 16.4. The van der Waals surface area contributed by atoms with Crippen LogP contribution >= 0.6 is 0 Å². The number of carbonyl (C=O) groups is 3. The van der Waals surface area contributed by atoms with Gasteiger partial charge in [-0.15, -0.1) is 0 Å². The molecule has 0 saturated carbocycles. The molecule has 0 saturated heterocycles. The van der Waals surface area contributed by atoms with E-state index in [4.69, 9.17) is 10.8 Å². The molecule has 0 fully saturated rings. The number of carbonyl (C=O) groups excluding carboxylic acids is 2. The summed E-state index contributed by atoms with van der Waals surface area (Å²) in [6, 6.07) is -1.13. The zero-order valence-electron chi connectivity index (χ0n) is 10.0. The fourth-order valence-corrected chi connectivity index (χ4v) is 0.960. The number of rotatable bonds is 7. The predicted molar refractivity (Wildman–Crippen MR) is 61.1 cm³/mol. The van der Waals surface area contributed by atoms with Gasteiger partial charge in [0.1, 0.15) is 0 Å². The van der Waals surface area contributed by atoms with Crippen molar-refractivity contribution in [2.75, 3.05) is 13.1 Å². The molecule has 0 aromatic heterocycles. The van der Waals surface area contributed by atoms with E-state index in [1.165, 1.54) is 0 Å². The monoisotopic (exact) mass is 245 g/mol. The Balaban J connectivity index is 3.83. The maximum Gasteiger partial charge on any atom is 0.305 e. The molecule has 0 rings (SSSR count). The molecule has 5 N–H and O–H groups in total. The molecule has 0 bridgehead atoms. The van der Waals surface area contributed by atoms with Gasteiger partial charge in [0.05, 0.1) is 19.0 Å². The van der Waals surface area contributed by atoms with Crippen molar-refractivity contribution >= 4 is 17.8 Å². The van der Waals surface area contributed by atoms with Crippen molar-refractivity contribution in [2.45, 2.75) is 26.3 Å². The van der Waals surface area contributed by atoms with Crippen molar-refractivity contribution in [3.05, 3.63) is 0 Å².